The fourth-order valence-electron chi connectivity index (χ4n) is 1.57. The number of aryl methyl sites for hydroxylation is 1. The van der Waals surface area contributed by atoms with E-state index in [4.69, 9.17) is 5.73 Å². The summed E-state index contributed by atoms with van der Waals surface area (Å²) in [4.78, 5) is 15.2. The Bertz CT molecular complexity index is 428. The van der Waals surface area contributed by atoms with Crippen molar-refractivity contribution in [3.63, 3.8) is 0 Å². The predicted octanol–water partition coefficient (Wildman–Crippen LogP) is 0.885. The van der Waals surface area contributed by atoms with E-state index < -0.39 is 0 Å². The minimum absolute atomic E-state index is 0.0126. The standard InChI is InChI=1S/C11H12N2OSe/c1-7-4-2-3-5-8(7)6-9-10(14)13-11(12)15-9/h2-5,9H,6H2,1H3,(H2,12,13,14). The first-order chi connectivity index (χ1) is 7.16. The van der Waals surface area contributed by atoms with E-state index >= 15 is 0 Å². The van der Waals surface area contributed by atoms with Gasteiger partial charge in [-0.2, -0.15) is 0 Å². The van der Waals surface area contributed by atoms with Crippen LogP contribution >= 0.6 is 0 Å². The van der Waals surface area contributed by atoms with Crippen LogP contribution < -0.4 is 5.73 Å². The summed E-state index contributed by atoms with van der Waals surface area (Å²) in [6.45, 7) is 2.06. The van der Waals surface area contributed by atoms with Gasteiger partial charge in [0.1, 0.15) is 0 Å². The first-order valence-electron chi connectivity index (χ1n) is 4.76. The maximum atomic E-state index is 11.4. The second-order valence-electron chi connectivity index (χ2n) is 3.53. The van der Waals surface area contributed by atoms with Gasteiger partial charge >= 0.3 is 94.7 Å². The van der Waals surface area contributed by atoms with Crippen LogP contribution in [-0.2, 0) is 11.2 Å². The molecular formula is C11H12N2OSe. The molecule has 1 aromatic rings. The van der Waals surface area contributed by atoms with Crippen LogP contribution in [0.15, 0.2) is 29.3 Å². The third-order valence-electron chi connectivity index (χ3n) is 2.43. The molecule has 78 valence electrons. The summed E-state index contributed by atoms with van der Waals surface area (Å²) in [5.74, 6) is -0.0456. The average molecular weight is 267 g/mol. The molecule has 2 N–H and O–H groups in total. The number of carbonyl (C=O) groups is 1. The normalized spacial score (nSPS) is 20.5. The monoisotopic (exact) mass is 268 g/mol. The van der Waals surface area contributed by atoms with Gasteiger partial charge in [-0.1, -0.05) is 0 Å². The van der Waals surface area contributed by atoms with E-state index in [0.29, 0.717) is 4.73 Å². The zero-order valence-corrected chi connectivity index (χ0v) is 10.1. The van der Waals surface area contributed by atoms with Gasteiger partial charge in [-0.25, -0.2) is 0 Å². The molecule has 0 spiro atoms. The molecule has 0 saturated heterocycles. The Hall–Kier alpha value is -1.12. The van der Waals surface area contributed by atoms with Gasteiger partial charge in [-0.15, -0.1) is 0 Å². The molecule has 1 heterocycles. The number of aliphatic imine (C=N–C) groups is 1. The van der Waals surface area contributed by atoms with Crippen LogP contribution in [0, 0.1) is 6.92 Å². The average Bonchev–Trinajstić information content (AvgIpc) is 2.49. The topological polar surface area (TPSA) is 55.4 Å². The molecule has 3 nitrogen and oxygen atoms in total. The van der Waals surface area contributed by atoms with E-state index in [-0.39, 0.29) is 25.7 Å². The summed E-state index contributed by atoms with van der Waals surface area (Å²) in [5.41, 5.74) is 8.02. The first kappa shape index (κ1) is 10.4. The Kier molecular flexibility index (Phi) is 2.89. The van der Waals surface area contributed by atoms with Crippen molar-refractivity contribution in [1.82, 2.24) is 0 Å². The summed E-state index contributed by atoms with van der Waals surface area (Å²) in [6, 6.07) is 8.13. The number of rotatable bonds is 2. The number of amides is 1. The maximum absolute atomic E-state index is 11.4. The molecule has 1 aliphatic rings. The van der Waals surface area contributed by atoms with Crippen LogP contribution in [-0.4, -0.2) is 25.6 Å². The van der Waals surface area contributed by atoms with Crippen LogP contribution in [0.4, 0.5) is 0 Å². The van der Waals surface area contributed by atoms with Crippen molar-refractivity contribution < 1.29 is 4.79 Å². The second kappa shape index (κ2) is 4.17. The number of hydrogen-bond acceptors (Lipinski definition) is 2. The Morgan fingerprint density at radius 1 is 1.47 bits per heavy atom. The Morgan fingerprint density at radius 2 is 2.20 bits per heavy atom. The van der Waals surface area contributed by atoms with E-state index in [1.54, 1.807) is 0 Å². The molecule has 1 aliphatic heterocycles. The molecule has 4 heteroatoms. The summed E-state index contributed by atoms with van der Waals surface area (Å²) < 4.78 is 0.533. The van der Waals surface area contributed by atoms with Crippen LogP contribution in [0.25, 0.3) is 0 Å². The number of nitrogens with zero attached hydrogens (tertiary/aromatic N) is 1. The molecule has 0 fully saturated rings. The molecular weight excluding hydrogens is 255 g/mol. The number of nitrogens with two attached hydrogens (primary N) is 1. The first-order valence-corrected chi connectivity index (χ1v) is 6.60. The molecule has 15 heavy (non-hydrogen) atoms. The molecule has 1 aromatic carbocycles. The number of carbonyl (C=O) groups excluding carboxylic acids is 1. The van der Waals surface area contributed by atoms with Crippen molar-refractivity contribution in [2.24, 2.45) is 10.7 Å². The van der Waals surface area contributed by atoms with Crippen LogP contribution in [0.5, 0.6) is 0 Å². The molecule has 0 saturated carbocycles. The molecule has 1 unspecified atom stereocenters. The van der Waals surface area contributed by atoms with Gasteiger partial charge in [0, 0.05) is 0 Å². The van der Waals surface area contributed by atoms with Gasteiger partial charge in [-0.05, 0) is 0 Å². The van der Waals surface area contributed by atoms with E-state index in [1.165, 1.54) is 11.1 Å². The van der Waals surface area contributed by atoms with Gasteiger partial charge < -0.3 is 0 Å². The van der Waals surface area contributed by atoms with Gasteiger partial charge in [-0.3, -0.25) is 0 Å². The van der Waals surface area contributed by atoms with Crippen LogP contribution in [0.3, 0.4) is 0 Å². The number of amidine groups is 1. The molecule has 0 radical (unpaired) electrons. The predicted molar refractivity (Wildman–Crippen MR) is 61.0 cm³/mol. The van der Waals surface area contributed by atoms with Crippen LogP contribution in [0.2, 0.25) is 4.82 Å². The van der Waals surface area contributed by atoms with Crippen molar-refractivity contribution in [3.05, 3.63) is 35.4 Å². The summed E-state index contributed by atoms with van der Waals surface area (Å²) >= 11 is 0.0410. The Morgan fingerprint density at radius 3 is 2.80 bits per heavy atom. The minimum atomic E-state index is -0.0456. The molecule has 0 aromatic heterocycles. The van der Waals surface area contributed by atoms with E-state index in [0.717, 1.165) is 6.42 Å². The van der Waals surface area contributed by atoms with Crippen molar-refractivity contribution in [2.45, 2.75) is 18.2 Å². The molecule has 0 bridgehead atoms. The quantitative estimate of drug-likeness (QED) is 0.809. The fraction of sp³-hybridized carbons (Fsp3) is 0.273. The zero-order chi connectivity index (χ0) is 10.8. The van der Waals surface area contributed by atoms with Crippen molar-refractivity contribution >= 4 is 25.6 Å². The fourth-order valence-corrected chi connectivity index (χ4v) is 3.36. The van der Waals surface area contributed by atoms with Gasteiger partial charge in [0.05, 0.1) is 0 Å². The SMILES string of the molecule is Cc1ccccc1CC1[Se]C(N)=NC1=O. The summed E-state index contributed by atoms with van der Waals surface area (Å²) in [7, 11) is 0. The zero-order valence-electron chi connectivity index (χ0n) is 8.43. The second-order valence-corrected chi connectivity index (χ2v) is 6.09. The molecule has 1 amide bonds. The Labute approximate surface area is 94.9 Å². The van der Waals surface area contributed by atoms with E-state index in [2.05, 4.69) is 24.0 Å². The van der Waals surface area contributed by atoms with E-state index in [9.17, 15) is 4.79 Å². The third-order valence-corrected chi connectivity index (χ3v) is 4.49. The summed E-state index contributed by atoms with van der Waals surface area (Å²) in [6.07, 6.45) is 0.774. The van der Waals surface area contributed by atoms with Crippen molar-refractivity contribution in [2.75, 3.05) is 0 Å². The molecule has 2 rings (SSSR count). The number of hydrogen-bond donors (Lipinski definition) is 1. The molecule has 1 atom stereocenters. The third kappa shape index (κ3) is 2.28. The number of benzene rings is 1. The van der Waals surface area contributed by atoms with E-state index in [1.807, 2.05) is 12.1 Å². The van der Waals surface area contributed by atoms with Crippen molar-refractivity contribution in [1.29, 1.82) is 0 Å². The van der Waals surface area contributed by atoms with Crippen molar-refractivity contribution in [3.8, 4) is 0 Å². The van der Waals surface area contributed by atoms with Gasteiger partial charge in [0.25, 0.3) is 0 Å². The van der Waals surface area contributed by atoms with Gasteiger partial charge in [0.2, 0.25) is 0 Å². The Balaban J connectivity index is 2.11. The van der Waals surface area contributed by atoms with Crippen LogP contribution in [0.1, 0.15) is 11.1 Å². The summed E-state index contributed by atoms with van der Waals surface area (Å²) in [5, 5.41) is 0. The molecule has 0 aliphatic carbocycles. The van der Waals surface area contributed by atoms with Gasteiger partial charge in [0.15, 0.2) is 0 Å².